The first-order chi connectivity index (χ1) is 5.27. The lowest BCUT2D eigenvalue weighted by Crippen LogP contribution is -2.03. The molecule has 0 aliphatic carbocycles. The Kier molecular flexibility index (Phi) is 1.26. The largest absolute Gasteiger partial charge is 0.464 e. The van der Waals surface area contributed by atoms with Crippen molar-refractivity contribution in [1.82, 2.24) is 4.98 Å². The number of aromatic amines is 1. The van der Waals surface area contributed by atoms with Gasteiger partial charge in [-0.25, -0.2) is 0 Å². The van der Waals surface area contributed by atoms with E-state index in [0.717, 1.165) is 0 Å². The summed E-state index contributed by atoms with van der Waals surface area (Å²) in [5.41, 5.74) is 0.292. The molecule has 0 spiro atoms. The van der Waals surface area contributed by atoms with Crippen LogP contribution in [0.3, 0.4) is 0 Å². The summed E-state index contributed by atoms with van der Waals surface area (Å²) in [6.45, 7) is 0. The molecule has 0 aliphatic rings. The van der Waals surface area contributed by atoms with Gasteiger partial charge in [-0.1, -0.05) is 11.6 Å². The molecule has 1 N–H and O–H groups in total. The highest BCUT2D eigenvalue weighted by Gasteiger charge is 2.01. The van der Waals surface area contributed by atoms with Crippen molar-refractivity contribution in [3.8, 4) is 0 Å². The van der Waals surface area contributed by atoms with Crippen LogP contribution in [-0.4, -0.2) is 4.98 Å². The Morgan fingerprint density at radius 1 is 1.55 bits per heavy atom. The molecule has 0 radical (unpaired) electrons. The van der Waals surface area contributed by atoms with Gasteiger partial charge in [0.05, 0.1) is 11.6 Å². The van der Waals surface area contributed by atoms with Gasteiger partial charge in [0.2, 0.25) is 0 Å². The van der Waals surface area contributed by atoms with Gasteiger partial charge in [-0.3, -0.25) is 4.79 Å². The Morgan fingerprint density at radius 3 is 3.18 bits per heavy atom. The molecule has 0 fully saturated rings. The van der Waals surface area contributed by atoms with Crippen LogP contribution in [0.1, 0.15) is 0 Å². The number of fused-ring (bicyclic) bond motifs is 1. The number of pyridine rings is 1. The summed E-state index contributed by atoms with van der Waals surface area (Å²) < 4.78 is 4.98. The second-order valence-electron chi connectivity index (χ2n) is 2.14. The van der Waals surface area contributed by atoms with Gasteiger partial charge in [0.15, 0.2) is 0 Å². The van der Waals surface area contributed by atoms with Gasteiger partial charge in [0, 0.05) is 6.07 Å². The molecular weight excluding hydrogens is 166 g/mol. The van der Waals surface area contributed by atoms with Gasteiger partial charge >= 0.3 is 0 Å². The minimum Gasteiger partial charge on any atom is -0.464 e. The summed E-state index contributed by atoms with van der Waals surface area (Å²) in [5, 5.41) is 0.812. The smallest absolute Gasteiger partial charge is 0.260 e. The van der Waals surface area contributed by atoms with Gasteiger partial charge in [0.25, 0.3) is 5.56 Å². The van der Waals surface area contributed by atoms with Crippen molar-refractivity contribution in [3.63, 3.8) is 0 Å². The van der Waals surface area contributed by atoms with Crippen LogP contribution in [0.4, 0.5) is 0 Å². The van der Waals surface area contributed by atoms with E-state index in [4.69, 9.17) is 16.0 Å². The van der Waals surface area contributed by atoms with Crippen molar-refractivity contribution < 1.29 is 4.42 Å². The number of nitrogens with one attached hydrogen (secondary N) is 1. The van der Waals surface area contributed by atoms with Crippen LogP contribution in [-0.2, 0) is 0 Å². The average molecular weight is 170 g/mol. The van der Waals surface area contributed by atoms with Crippen LogP contribution >= 0.6 is 11.6 Å². The van der Waals surface area contributed by atoms with Crippen LogP contribution in [0.25, 0.3) is 11.0 Å². The number of aromatic nitrogens is 1. The summed E-state index contributed by atoms with van der Waals surface area (Å²) in [4.78, 5) is 13.5. The van der Waals surface area contributed by atoms with E-state index in [-0.39, 0.29) is 10.7 Å². The van der Waals surface area contributed by atoms with E-state index >= 15 is 0 Å². The molecule has 0 amide bonds. The zero-order chi connectivity index (χ0) is 7.84. The molecule has 3 nitrogen and oxygen atoms in total. The van der Waals surface area contributed by atoms with Crippen molar-refractivity contribution in [3.05, 3.63) is 33.9 Å². The van der Waals surface area contributed by atoms with E-state index in [1.807, 2.05) is 0 Å². The lowest BCUT2D eigenvalue weighted by Gasteiger charge is -1.88. The predicted molar refractivity (Wildman–Crippen MR) is 41.8 cm³/mol. The second kappa shape index (κ2) is 2.13. The van der Waals surface area contributed by atoms with Crippen molar-refractivity contribution in [1.29, 1.82) is 0 Å². The SMILES string of the molecule is O=c1[nH]c(Cl)cc2occc12. The molecule has 0 bridgehead atoms. The highest BCUT2D eigenvalue weighted by molar-refractivity contribution is 6.29. The summed E-state index contributed by atoms with van der Waals surface area (Å²) in [6, 6.07) is 3.17. The van der Waals surface area contributed by atoms with E-state index in [0.29, 0.717) is 11.0 Å². The molecule has 2 aromatic heterocycles. The number of H-pyrrole nitrogens is 1. The van der Waals surface area contributed by atoms with Gasteiger partial charge in [0.1, 0.15) is 10.7 Å². The van der Waals surface area contributed by atoms with E-state index in [9.17, 15) is 4.79 Å². The van der Waals surface area contributed by atoms with Crippen LogP contribution in [0, 0.1) is 0 Å². The van der Waals surface area contributed by atoms with Crippen molar-refractivity contribution in [2.24, 2.45) is 0 Å². The zero-order valence-corrected chi connectivity index (χ0v) is 6.18. The fourth-order valence-corrected chi connectivity index (χ4v) is 1.13. The number of hydrogen-bond donors (Lipinski definition) is 1. The topological polar surface area (TPSA) is 46.0 Å². The molecule has 2 heterocycles. The fraction of sp³-hybridized carbons (Fsp3) is 0. The lowest BCUT2D eigenvalue weighted by molar-refractivity contribution is 0.615. The third kappa shape index (κ3) is 0.935. The monoisotopic (exact) mass is 169 g/mol. The predicted octanol–water partition coefficient (Wildman–Crippen LogP) is 1.77. The molecule has 4 heteroatoms. The zero-order valence-electron chi connectivity index (χ0n) is 5.43. The summed E-state index contributed by atoms with van der Waals surface area (Å²) in [5.74, 6) is 0. The maximum Gasteiger partial charge on any atom is 0.260 e. The maximum atomic E-state index is 11.1. The van der Waals surface area contributed by atoms with Crippen LogP contribution in [0.5, 0.6) is 0 Å². The summed E-state index contributed by atoms with van der Waals surface area (Å²) in [6.07, 6.45) is 1.45. The van der Waals surface area contributed by atoms with Crippen molar-refractivity contribution >= 4 is 22.6 Å². The lowest BCUT2D eigenvalue weighted by atomic mass is 10.3. The molecule has 2 aromatic rings. The quantitative estimate of drug-likeness (QED) is 0.611. The maximum absolute atomic E-state index is 11.1. The summed E-state index contributed by atoms with van der Waals surface area (Å²) >= 11 is 5.57. The molecule has 0 aromatic carbocycles. The van der Waals surface area contributed by atoms with Crippen LogP contribution in [0.2, 0.25) is 5.15 Å². The van der Waals surface area contributed by atoms with Gasteiger partial charge < -0.3 is 9.40 Å². The molecule has 0 atom stereocenters. The Morgan fingerprint density at radius 2 is 2.36 bits per heavy atom. The number of furan rings is 1. The first-order valence-corrected chi connectivity index (χ1v) is 3.41. The van der Waals surface area contributed by atoms with Crippen molar-refractivity contribution in [2.45, 2.75) is 0 Å². The minimum atomic E-state index is -0.221. The Hall–Kier alpha value is -1.22. The molecule has 0 saturated heterocycles. The molecular formula is C7H4ClNO2. The van der Waals surface area contributed by atoms with E-state index < -0.39 is 0 Å². The highest BCUT2D eigenvalue weighted by Crippen LogP contribution is 2.13. The van der Waals surface area contributed by atoms with E-state index in [2.05, 4.69) is 4.98 Å². The second-order valence-corrected chi connectivity index (χ2v) is 2.55. The van der Waals surface area contributed by atoms with Gasteiger partial charge in [-0.15, -0.1) is 0 Å². The Balaban J connectivity index is 3.02. The Labute approximate surface area is 66.6 Å². The first kappa shape index (κ1) is 6.49. The number of halogens is 1. The molecule has 0 unspecified atom stereocenters. The van der Waals surface area contributed by atoms with Crippen LogP contribution < -0.4 is 5.56 Å². The molecule has 56 valence electrons. The average Bonchev–Trinajstić information content (AvgIpc) is 2.34. The minimum absolute atomic E-state index is 0.221. The number of rotatable bonds is 0. The summed E-state index contributed by atoms with van der Waals surface area (Å²) in [7, 11) is 0. The van der Waals surface area contributed by atoms with Gasteiger partial charge in [-0.2, -0.15) is 0 Å². The highest BCUT2D eigenvalue weighted by atomic mass is 35.5. The standard InChI is InChI=1S/C7H4ClNO2/c8-6-3-5-4(1-2-11-5)7(10)9-6/h1-3H,(H,9,10). The first-order valence-electron chi connectivity index (χ1n) is 3.03. The molecule has 11 heavy (non-hydrogen) atoms. The molecule has 2 rings (SSSR count). The molecule has 0 aliphatic heterocycles. The van der Waals surface area contributed by atoms with Gasteiger partial charge in [-0.05, 0) is 6.07 Å². The third-order valence-corrected chi connectivity index (χ3v) is 1.63. The number of hydrogen-bond acceptors (Lipinski definition) is 2. The van der Waals surface area contributed by atoms with Crippen LogP contribution in [0.15, 0.2) is 27.6 Å². The normalized spacial score (nSPS) is 10.6. The Bertz CT molecular complexity index is 443. The van der Waals surface area contributed by atoms with E-state index in [1.54, 1.807) is 12.1 Å². The molecule has 0 saturated carbocycles. The van der Waals surface area contributed by atoms with E-state index in [1.165, 1.54) is 6.26 Å². The third-order valence-electron chi connectivity index (χ3n) is 1.43. The van der Waals surface area contributed by atoms with Crippen molar-refractivity contribution in [2.75, 3.05) is 0 Å². The fourth-order valence-electron chi connectivity index (χ4n) is 0.947.